The largest absolute Gasteiger partial charge is 0.501 e. The second kappa shape index (κ2) is 7.67. The van der Waals surface area contributed by atoms with Crippen LogP contribution in [0.15, 0.2) is 46.4 Å². The molecule has 2 aromatic carbocycles. The molecule has 1 aliphatic rings. The third kappa shape index (κ3) is 3.75. The van der Waals surface area contributed by atoms with Crippen LogP contribution in [0.25, 0.3) is 6.08 Å². The van der Waals surface area contributed by atoms with Crippen LogP contribution in [0.1, 0.15) is 5.56 Å². The first-order valence-corrected chi connectivity index (χ1v) is 9.40. The summed E-state index contributed by atoms with van der Waals surface area (Å²) in [5.74, 6) is -2.31. The number of phenolic OH excluding ortho intramolecular Hbond substituents is 1. The zero-order valence-corrected chi connectivity index (χ0v) is 17.4. The molecule has 9 nitrogen and oxygen atoms in total. The van der Waals surface area contributed by atoms with Crippen molar-refractivity contribution in [3.63, 3.8) is 0 Å². The van der Waals surface area contributed by atoms with Gasteiger partial charge in [-0.15, -0.1) is 0 Å². The molecule has 2 N–H and O–H groups in total. The van der Waals surface area contributed by atoms with Crippen molar-refractivity contribution >= 4 is 73.8 Å². The third-order valence-corrected chi connectivity index (χ3v) is 5.11. The molecule has 3 rings (SSSR count). The number of anilines is 1. The van der Waals surface area contributed by atoms with Crippen LogP contribution in [0.3, 0.4) is 0 Å². The summed E-state index contributed by atoms with van der Waals surface area (Å²) in [6, 6.07) is 7.79. The molecule has 1 saturated heterocycles. The van der Waals surface area contributed by atoms with Crippen molar-refractivity contribution in [2.75, 3.05) is 4.90 Å². The second-order valence-electron chi connectivity index (χ2n) is 5.56. The molecule has 11 heteroatoms. The van der Waals surface area contributed by atoms with Gasteiger partial charge in [-0.2, -0.15) is 0 Å². The molecule has 1 heterocycles. The standard InChI is InChI=1S/C17H9BrIN3O6/c18-9-1-3-10(4-2-9)21-16(25)11(15(24)20-17(21)26)5-8-6-12(19)14(23)13(7-8)22(27)28/h1-7,23H,(H,20,24,26)/b11-5+. The van der Waals surface area contributed by atoms with E-state index in [2.05, 4.69) is 21.2 Å². The molecule has 2 aromatic rings. The highest BCUT2D eigenvalue weighted by molar-refractivity contribution is 14.1. The molecule has 4 amide bonds. The molecular formula is C17H9BrIN3O6. The summed E-state index contributed by atoms with van der Waals surface area (Å²) in [6.07, 6.45) is 1.13. The summed E-state index contributed by atoms with van der Waals surface area (Å²) >= 11 is 4.95. The number of hydrogen-bond donors (Lipinski definition) is 2. The van der Waals surface area contributed by atoms with E-state index in [0.717, 1.165) is 21.5 Å². The average Bonchev–Trinajstić information content (AvgIpc) is 2.62. The van der Waals surface area contributed by atoms with E-state index in [1.54, 1.807) is 34.7 Å². The third-order valence-electron chi connectivity index (χ3n) is 3.76. The maximum absolute atomic E-state index is 12.8. The van der Waals surface area contributed by atoms with Gasteiger partial charge in [0.1, 0.15) is 5.57 Å². The van der Waals surface area contributed by atoms with Gasteiger partial charge in [0.05, 0.1) is 14.2 Å². The van der Waals surface area contributed by atoms with E-state index < -0.39 is 34.2 Å². The first kappa shape index (κ1) is 19.9. The molecule has 0 saturated carbocycles. The Morgan fingerprint density at radius 3 is 2.43 bits per heavy atom. The molecule has 1 fully saturated rings. The van der Waals surface area contributed by atoms with Gasteiger partial charge in [-0.3, -0.25) is 25.0 Å². The van der Waals surface area contributed by atoms with Gasteiger partial charge in [-0.1, -0.05) is 15.9 Å². The highest BCUT2D eigenvalue weighted by atomic mass is 127. The van der Waals surface area contributed by atoms with E-state index >= 15 is 0 Å². The highest BCUT2D eigenvalue weighted by Crippen LogP contribution is 2.33. The zero-order valence-electron chi connectivity index (χ0n) is 13.7. The number of rotatable bonds is 3. The number of nitro benzene ring substituents is 1. The normalized spacial score (nSPS) is 15.7. The molecule has 0 atom stereocenters. The molecule has 0 spiro atoms. The monoisotopic (exact) mass is 557 g/mol. The van der Waals surface area contributed by atoms with Gasteiger partial charge in [0.2, 0.25) is 5.75 Å². The van der Waals surface area contributed by atoms with E-state index in [0.29, 0.717) is 0 Å². The number of halogens is 2. The Balaban J connectivity index is 2.07. The van der Waals surface area contributed by atoms with Gasteiger partial charge in [0, 0.05) is 10.5 Å². The van der Waals surface area contributed by atoms with Crippen LogP contribution in [-0.2, 0) is 9.59 Å². The molecule has 0 unspecified atom stereocenters. The first-order chi connectivity index (χ1) is 13.2. The lowest BCUT2D eigenvalue weighted by Crippen LogP contribution is -2.54. The smallest absolute Gasteiger partial charge is 0.335 e. The van der Waals surface area contributed by atoms with Crippen molar-refractivity contribution in [3.8, 4) is 5.75 Å². The van der Waals surface area contributed by atoms with Crippen molar-refractivity contribution in [2.24, 2.45) is 0 Å². The second-order valence-corrected chi connectivity index (χ2v) is 7.64. The number of nitrogens with one attached hydrogen (secondary N) is 1. The number of nitrogens with zero attached hydrogens (tertiary/aromatic N) is 2. The van der Waals surface area contributed by atoms with Crippen molar-refractivity contribution in [2.45, 2.75) is 0 Å². The van der Waals surface area contributed by atoms with Crippen LogP contribution < -0.4 is 10.2 Å². The summed E-state index contributed by atoms with van der Waals surface area (Å²) < 4.78 is 0.905. The number of aromatic hydroxyl groups is 1. The van der Waals surface area contributed by atoms with Crippen LogP contribution in [0.5, 0.6) is 5.75 Å². The number of carbonyl (C=O) groups excluding carboxylic acids is 3. The van der Waals surface area contributed by atoms with Crippen LogP contribution in [0.2, 0.25) is 0 Å². The van der Waals surface area contributed by atoms with Gasteiger partial charge >= 0.3 is 11.7 Å². The maximum atomic E-state index is 12.8. The van der Waals surface area contributed by atoms with Crippen molar-refractivity contribution in [1.82, 2.24) is 5.32 Å². The zero-order chi connectivity index (χ0) is 20.6. The number of imide groups is 2. The van der Waals surface area contributed by atoms with E-state index in [-0.39, 0.29) is 20.4 Å². The van der Waals surface area contributed by atoms with Crippen LogP contribution in [0, 0.1) is 13.7 Å². The lowest BCUT2D eigenvalue weighted by Gasteiger charge is -2.26. The van der Waals surface area contributed by atoms with Crippen LogP contribution >= 0.6 is 38.5 Å². The van der Waals surface area contributed by atoms with E-state index in [1.807, 2.05) is 0 Å². The quantitative estimate of drug-likeness (QED) is 0.196. The Morgan fingerprint density at radius 2 is 1.82 bits per heavy atom. The van der Waals surface area contributed by atoms with Crippen LogP contribution in [-0.4, -0.2) is 27.9 Å². The lowest BCUT2D eigenvalue weighted by molar-refractivity contribution is -0.386. The minimum atomic E-state index is -0.922. The van der Waals surface area contributed by atoms with Gasteiger partial charge in [-0.05, 0) is 64.6 Å². The van der Waals surface area contributed by atoms with Crippen molar-refractivity contribution in [1.29, 1.82) is 0 Å². The number of nitro groups is 1. The van der Waals surface area contributed by atoms with Gasteiger partial charge < -0.3 is 5.11 Å². The van der Waals surface area contributed by atoms with Gasteiger partial charge in [-0.25, -0.2) is 9.69 Å². The fraction of sp³-hybridized carbons (Fsp3) is 0. The summed E-state index contributed by atoms with van der Waals surface area (Å²) in [5, 5.41) is 22.9. The summed E-state index contributed by atoms with van der Waals surface area (Å²) in [7, 11) is 0. The number of amides is 4. The van der Waals surface area contributed by atoms with Gasteiger partial charge in [0.25, 0.3) is 11.8 Å². The Morgan fingerprint density at radius 1 is 1.18 bits per heavy atom. The summed E-state index contributed by atoms with van der Waals surface area (Å²) in [4.78, 5) is 48.2. The number of carbonyl (C=O) groups is 3. The number of benzene rings is 2. The molecule has 0 radical (unpaired) electrons. The highest BCUT2D eigenvalue weighted by Gasteiger charge is 2.37. The minimum absolute atomic E-state index is 0.150. The molecule has 142 valence electrons. The van der Waals surface area contributed by atoms with Crippen molar-refractivity contribution < 1.29 is 24.4 Å². The first-order valence-electron chi connectivity index (χ1n) is 7.53. The fourth-order valence-electron chi connectivity index (χ4n) is 2.48. The number of barbiturate groups is 1. The average molecular weight is 558 g/mol. The predicted octanol–water partition coefficient (Wildman–Crippen LogP) is 3.33. The predicted molar refractivity (Wildman–Crippen MR) is 111 cm³/mol. The SMILES string of the molecule is O=C1NC(=O)N(c2ccc(Br)cc2)C(=O)/C1=C/c1cc(I)c(O)c([N+](=O)[O-])c1. The Bertz CT molecular complexity index is 1070. The molecule has 28 heavy (non-hydrogen) atoms. The Kier molecular flexibility index (Phi) is 5.47. The fourth-order valence-corrected chi connectivity index (χ4v) is 3.38. The number of phenols is 1. The van der Waals surface area contributed by atoms with Crippen molar-refractivity contribution in [3.05, 3.63) is 65.7 Å². The van der Waals surface area contributed by atoms with E-state index in [4.69, 9.17) is 0 Å². The summed E-state index contributed by atoms with van der Waals surface area (Å²) in [6.45, 7) is 0. The van der Waals surface area contributed by atoms with Gasteiger partial charge in [0.15, 0.2) is 0 Å². The molecule has 0 bridgehead atoms. The topological polar surface area (TPSA) is 130 Å². The number of hydrogen-bond acceptors (Lipinski definition) is 6. The Hall–Kier alpha value is -2.80. The molecular weight excluding hydrogens is 549 g/mol. The minimum Gasteiger partial charge on any atom is -0.501 e. The Labute approximate surface area is 179 Å². The van der Waals surface area contributed by atoms with E-state index in [9.17, 15) is 29.6 Å². The summed E-state index contributed by atoms with van der Waals surface area (Å²) in [5.41, 5.74) is -0.547. The molecule has 0 aromatic heterocycles. The molecule has 0 aliphatic carbocycles. The maximum Gasteiger partial charge on any atom is 0.335 e. The molecule has 1 aliphatic heterocycles. The lowest BCUT2D eigenvalue weighted by atomic mass is 10.1. The number of urea groups is 1. The van der Waals surface area contributed by atoms with E-state index in [1.165, 1.54) is 18.2 Å². The van der Waals surface area contributed by atoms with Crippen LogP contribution in [0.4, 0.5) is 16.2 Å².